The van der Waals surface area contributed by atoms with E-state index >= 15 is 0 Å². The number of hydrogen-bond donors (Lipinski definition) is 1. The minimum absolute atomic E-state index is 0.220. The van der Waals surface area contributed by atoms with E-state index in [1.165, 1.54) is 11.4 Å². The highest BCUT2D eigenvalue weighted by atomic mass is 32.2. The molecule has 160 valence electrons. The molecule has 0 fully saturated rings. The Hall–Kier alpha value is -3.36. The van der Waals surface area contributed by atoms with Crippen molar-refractivity contribution in [1.29, 1.82) is 0 Å². The third kappa shape index (κ3) is 4.70. The first-order valence-corrected chi connectivity index (χ1v) is 11.2. The lowest BCUT2D eigenvalue weighted by atomic mass is 10.0. The van der Waals surface area contributed by atoms with E-state index in [2.05, 4.69) is 5.32 Å². The van der Waals surface area contributed by atoms with Crippen LogP contribution in [-0.4, -0.2) is 32.5 Å². The lowest BCUT2D eigenvalue weighted by Gasteiger charge is -2.28. The summed E-state index contributed by atoms with van der Waals surface area (Å²) < 4.78 is 37.9. The third-order valence-corrected chi connectivity index (χ3v) is 6.94. The molecule has 0 saturated carbocycles. The van der Waals surface area contributed by atoms with Gasteiger partial charge in [-0.1, -0.05) is 24.3 Å². The van der Waals surface area contributed by atoms with Crippen molar-refractivity contribution in [2.24, 2.45) is 0 Å². The van der Waals surface area contributed by atoms with Crippen LogP contribution in [0.25, 0.3) is 0 Å². The Morgan fingerprint density at radius 2 is 1.68 bits per heavy atom. The molecule has 0 aliphatic carbocycles. The second kappa shape index (κ2) is 8.79. The summed E-state index contributed by atoms with van der Waals surface area (Å²) in [7, 11) is -2.11. The number of carbonyl (C=O) groups is 1. The highest BCUT2D eigenvalue weighted by Crippen LogP contribution is 2.28. The number of amides is 1. The first-order chi connectivity index (χ1) is 15.0. The van der Waals surface area contributed by atoms with E-state index in [0.717, 1.165) is 11.1 Å². The molecule has 1 aliphatic rings. The second-order valence-corrected chi connectivity index (χ2v) is 9.01. The van der Waals surface area contributed by atoms with Crippen LogP contribution in [0, 0.1) is 0 Å². The fourth-order valence-corrected chi connectivity index (χ4v) is 4.87. The highest BCUT2D eigenvalue weighted by Gasteiger charge is 2.28. The topological polar surface area (TPSA) is 84.9 Å². The van der Waals surface area contributed by atoms with Gasteiger partial charge in [0.1, 0.15) is 11.5 Å². The van der Waals surface area contributed by atoms with Crippen molar-refractivity contribution >= 4 is 21.8 Å². The van der Waals surface area contributed by atoms with E-state index in [1.54, 1.807) is 60.7 Å². The van der Waals surface area contributed by atoms with Gasteiger partial charge in [-0.05, 0) is 66.1 Å². The molecule has 1 N–H and O–H groups in total. The molecule has 0 bridgehead atoms. The lowest BCUT2D eigenvalue weighted by molar-refractivity contribution is 0.215. The molecular weight excluding hydrogens is 416 g/mol. The maximum absolute atomic E-state index is 13.1. The maximum Gasteiger partial charge on any atom is 0.417 e. The lowest BCUT2D eigenvalue weighted by Crippen LogP contribution is -2.36. The molecule has 0 atom stereocenters. The molecule has 3 aromatic rings. The van der Waals surface area contributed by atoms with E-state index in [4.69, 9.17) is 9.47 Å². The number of hydrogen-bond acceptors (Lipinski definition) is 5. The van der Waals surface area contributed by atoms with Gasteiger partial charge in [0.05, 0.1) is 12.0 Å². The summed E-state index contributed by atoms with van der Waals surface area (Å²) in [6.45, 7) is 0.622. The quantitative estimate of drug-likeness (QED) is 0.650. The zero-order chi connectivity index (χ0) is 21.8. The molecule has 1 aliphatic heterocycles. The highest BCUT2D eigenvalue weighted by molar-refractivity contribution is 7.89. The number of methoxy groups -OCH3 is 1. The number of sulfonamides is 1. The molecule has 7 nitrogen and oxygen atoms in total. The van der Waals surface area contributed by atoms with Crippen molar-refractivity contribution in [3.8, 4) is 11.5 Å². The number of para-hydroxylation sites is 1. The van der Waals surface area contributed by atoms with Crippen LogP contribution in [0.4, 0.5) is 10.5 Å². The standard InChI is InChI=1S/C23H22N2O5S/c1-29-20-9-11-22(12-10-20)31(27,28)25-14-13-17-7-8-19(15-18(17)16-25)24-23(26)30-21-5-3-2-4-6-21/h2-12,15H,13-14,16H2,1H3,(H,24,26). The smallest absolute Gasteiger partial charge is 0.417 e. The van der Waals surface area contributed by atoms with Gasteiger partial charge < -0.3 is 9.47 Å². The molecule has 4 rings (SSSR count). The summed E-state index contributed by atoms with van der Waals surface area (Å²) in [6, 6.07) is 20.6. The molecule has 0 aromatic heterocycles. The van der Waals surface area contributed by atoms with Crippen molar-refractivity contribution < 1.29 is 22.7 Å². The molecule has 0 saturated heterocycles. The predicted octanol–water partition coefficient (Wildman–Crippen LogP) is 4.05. The van der Waals surface area contributed by atoms with Crippen molar-refractivity contribution in [1.82, 2.24) is 4.31 Å². The summed E-state index contributed by atoms with van der Waals surface area (Å²) in [6.07, 6.45) is -0.0101. The van der Waals surface area contributed by atoms with E-state index in [1.807, 2.05) is 12.1 Å². The maximum atomic E-state index is 13.1. The fraction of sp³-hybridized carbons (Fsp3) is 0.174. The minimum atomic E-state index is -3.64. The van der Waals surface area contributed by atoms with E-state index in [0.29, 0.717) is 30.2 Å². The molecule has 3 aromatic carbocycles. The minimum Gasteiger partial charge on any atom is -0.497 e. The van der Waals surface area contributed by atoms with Crippen LogP contribution in [0.3, 0.4) is 0 Å². The Labute approximate surface area is 181 Å². The fourth-order valence-electron chi connectivity index (χ4n) is 3.45. The normalized spacial score (nSPS) is 13.8. The van der Waals surface area contributed by atoms with Crippen LogP contribution in [0.1, 0.15) is 11.1 Å². The monoisotopic (exact) mass is 438 g/mol. The summed E-state index contributed by atoms with van der Waals surface area (Å²) in [4.78, 5) is 12.4. The number of nitrogens with one attached hydrogen (secondary N) is 1. The van der Waals surface area contributed by atoms with Crippen molar-refractivity contribution in [2.75, 3.05) is 19.0 Å². The average Bonchev–Trinajstić information content (AvgIpc) is 2.79. The van der Waals surface area contributed by atoms with Gasteiger partial charge in [-0.2, -0.15) is 4.31 Å². The molecule has 0 radical (unpaired) electrons. The van der Waals surface area contributed by atoms with Gasteiger partial charge in [-0.25, -0.2) is 13.2 Å². The van der Waals surface area contributed by atoms with Crippen LogP contribution >= 0.6 is 0 Å². The molecular formula is C23H22N2O5S. The molecule has 8 heteroatoms. The summed E-state index contributed by atoms with van der Waals surface area (Å²) in [5, 5.41) is 2.70. The zero-order valence-electron chi connectivity index (χ0n) is 16.9. The Kier molecular flexibility index (Phi) is 5.92. The number of fused-ring (bicyclic) bond motifs is 1. The SMILES string of the molecule is COc1ccc(S(=O)(=O)N2CCc3ccc(NC(=O)Oc4ccccc4)cc3C2)cc1. The van der Waals surface area contributed by atoms with Crippen molar-refractivity contribution in [3.63, 3.8) is 0 Å². The number of nitrogens with zero attached hydrogens (tertiary/aromatic N) is 1. The summed E-state index contributed by atoms with van der Waals surface area (Å²) in [5.41, 5.74) is 2.45. The van der Waals surface area contributed by atoms with Crippen LogP contribution in [-0.2, 0) is 23.0 Å². The zero-order valence-corrected chi connectivity index (χ0v) is 17.8. The molecule has 0 spiro atoms. The van der Waals surface area contributed by atoms with Crippen molar-refractivity contribution in [3.05, 3.63) is 83.9 Å². The van der Waals surface area contributed by atoms with Gasteiger partial charge >= 0.3 is 6.09 Å². The van der Waals surface area contributed by atoms with E-state index in [9.17, 15) is 13.2 Å². The Morgan fingerprint density at radius 1 is 0.935 bits per heavy atom. The van der Waals surface area contributed by atoms with Gasteiger partial charge in [0.25, 0.3) is 0 Å². The van der Waals surface area contributed by atoms with Crippen LogP contribution in [0.2, 0.25) is 0 Å². The Bertz CT molecular complexity index is 1180. The van der Waals surface area contributed by atoms with Gasteiger partial charge in [-0.3, -0.25) is 5.32 Å². The van der Waals surface area contributed by atoms with Crippen molar-refractivity contribution in [2.45, 2.75) is 17.9 Å². The number of benzene rings is 3. The van der Waals surface area contributed by atoms with Crippen LogP contribution < -0.4 is 14.8 Å². The largest absolute Gasteiger partial charge is 0.497 e. The summed E-state index contributed by atoms with van der Waals surface area (Å²) >= 11 is 0. The molecule has 31 heavy (non-hydrogen) atoms. The number of anilines is 1. The number of rotatable bonds is 5. The summed E-state index contributed by atoms with van der Waals surface area (Å²) in [5.74, 6) is 1.04. The van der Waals surface area contributed by atoms with E-state index in [-0.39, 0.29) is 11.4 Å². The molecule has 1 heterocycles. The predicted molar refractivity (Wildman–Crippen MR) is 117 cm³/mol. The van der Waals surface area contributed by atoms with Crippen LogP contribution in [0.5, 0.6) is 11.5 Å². The first-order valence-electron chi connectivity index (χ1n) is 9.75. The Balaban J connectivity index is 1.48. The van der Waals surface area contributed by atoms with Gasteiger partial charge in [0.2, 0.25) is 10.0 Å². The van der Waals surface area contributed by atoms with Crippen LogP contribution in [0.15, 0.2) is 77.7 Å². The number of ether oxygens (including phenoxy) is 2. The van der Waals surface area contributed by atoms with Gasteiger partial charge in [-0.15, -0.1) is 0 Å². The van der Waals surface area contributed by atoms with Gasteiger partial charge in [0.15, 0.2) is 0 Å². The van der Waals surface area contributed by atoms with E-state index < -0.39 is 16.1 Å². The Morgan fingerprint density at radius 3 is 2.39 bits per heavy atom. The molecule has 0 unspecified atom stereocenters. The number of carbonyl (C=O) groups excluding carboxylic acids is 1. The molecule has 1 amide bonds. The first kappa shape index (κ1) is 20.9. The third-order valence-electron chi connectivity index (χ3n) is 5.08. The van der Waals surface area contributed by atoms with Gasteiger partial charge in [0, 0.05) is 18.8 Å². The second-order valence-electron chi connectivity index (χ2n) is 7.08. The average molecular weight is 439 g/mol.